The summed E-state index contributed by atoms with van der Waals surface area (Å²) in [6.07, 6.45) is 1.41. The van der Waals surface area contributed by atoms with E-state index in [1.807, 2.05) is 0 Å². The second kappa shape index (κ2) is 5.87. The van der Waals surface area contributed by atoms with Crippen molar-refractivity contribution in [1.82, 2.24) is 4.98 Å². The van der Waals surface area contributed by atoms with E-state index in [0.29, 0.717) is 0 Å². The summed E-state index contributed by atoms with van der Waals surface area (Å²) in [4.78, 5) is 3.52. The fourth-order valence-corrected chi connectivity index (χ4v) is 3.13. The average Bonchev–Trinajstić information content (AvgIpc) is 2.41. The van der Waals surface area contributed by atoms with Crippen LogP contribution in [0.5, 0.6) is 11.6 Å². The van der Waals surface area contributed by atoms with Crippen LogP contribution in [0.25, 0.3) is 0 Å². The molecule has 0 saturated carbocycles. The van der Waals surface area contributed by atoms with Crippen LogP contribution in [-0.2, 0) is 10.1 Å². The molecule has 106 valence electrons. The van der Waals surface area contributed by atoms with Crippen LogP contribution in [0.4, 0.5) is 0 Å². The van der Waals surface area contributed by atoms with Crippen molar-refractivity contribution >= 4 is 33.3 Å². The topological polar surface area (TPSA) is 65.5 Å². The van der Waals surface area contributed by atoms with Crippen molar-refractivity contribution in [2.24, 2.45) is 0 Å². The Hall–Kier alpha value is -1.50. The summed E-state index contributed by atoms with van der Waals surface area (Å²) in [5.41, 5.74) is 0. The van der Waals surface area contributed by atoms with E-state index in [1.165, 1.54) is 31.5 Å². The number of methoxy groups -OCH3 is 1. The zero-order chi connectivity index (χ0) is 14.8. The molecule has 1 heterocycles. The van der Waals surface area contributed by atoms with E-state index in [-0.39, 0.29) is 26.6 Å². The molecule has 0 radical (unpaired) electrons. The lowest BCUT2D eigenvalue weighted by Gasteiger charge is -2.10. The largest absolute Gasteiger partial charge is 0.495 e. The third-order valence-electron chi connectivity index (χ3n) is 2.31. The second-order valence-corrected chi connectivity index (χ2v) is 5.95. The minimum Gasteiger partial charge on any atom is -0.495 e. The number of nitrogens with zero attached hydrogens (tertiary/aromatic N) is 1. The van der Waals surface area contributed by atoms with Gasteiger partial charge in [0.2, 0.25) is 5.88 Å². The van der Waals surface area contributed by atoms with Gasteiger partial charge in [-0.3, -0.25) is 0 Å². The molecule has 2 aromatic rings. The van der Waals surface area contributed by atoms with Gasteiger partial charge in [-0.25, -0.2) is 4.98 Å². The third kappa shape index (κ3) is 3.15. The number of rotatable bonds is 4. The molecule has 2 rings (SSSR count). The molecule has 0 atom stereocenters. The Morgan fingerprint density at radius 3 is 2.50 bits per heavy atom. The lowest BCUT2D eigenvalue weighted by molar-refractivity contribution is 0.414. The quantitative estimate of drug-likeness (QED) is 0.804. The summed E-state index contributed by atoms with van der Waals surface area (Å²) in [6, 6.07) is 7.12. The Bertz CT molecular complexity index is 720. The summed E-state index contributed by atoms with van der Waals surface area (Å²) in [5, 5.41) is 0.0577. The summed E-state index contributed by atoms with van der Waals surface area (Å²) in [6.45, 7) is 0. The Morgan fingerprint density at radius 1 is 1.15 bits per heavy atom. The monoisotopic (exact) mass is 333 g/mol. The molecule has 0 unspecified atom stereocenters. The number of ether oxygens (including phenoxy) is 1. The average molecular weight is 334 g/mol. The first-order valence-corrected chi connectivity index (χ1v) is 7.49. The highest BCUT2D eigenvalue weighted by atomic mass is 35.5. The maximum Gasteiger partial charge on any atom is 0.342 e. The third-order valence-corrected chi connectivity index (χ3v) is 4.30. The number of pyridine rings is 1. The molecule has 0 bridgehead atoms. The number of hydrogen-bond acceptors (Lipinski definition) is 5. The van der Waals surface area contributed by atoms with Gasteiger partial charge >= 0.3 is 10.1 Å². The van der Waals surface area contributed by atoms with Crippen LogP contribution in [0.1, 0.15) is 0 Å². The van der Waals surface area contributed by atoms with Crippen LogP contribution in [0.2, 0.25) is 10.0 Å². The van der Waals surface area contributed by atoms with Crippen LogP contribution in [0.3, 0.4) is 0 Å². The molecule has 1 aromatic heterocycles. The lowest BCUT2D eigenvalue weighted by atomic mass is 10.3. The van der Waals surface area contributed by atoms with Gasteiger partial charge in [0.15, 0.2) is 0 Å². The predicted octanol–water partition coefficient (Wildman–Crippen LogP) is 3.16. The molecule has 1 aromatic carbocycles. The zero-order valence-corrected chi connectivity index (χ0v) is 12.5. The van der Waals surface area contributed by atoms with Crippen molar-refractivity contribution in [2.45, 2.75) is 4.90 Å². The van der Waals surface area contributed by atoms with Gasteiger partial charge < -0.3 is 8.92 Å². The van der Waals surface area contributed by atoms with Crippen molar-refractivity contribution in [2.75, 3.05) is 7.11 Å². The summed E-state index contributed by atoms with van der Waals surface area (Å²) < 4.78 is 34.1. The van der Waals surface area contributed by atoms with Gasteiger partial charge in [-0.05, 0) is 12.1 Å². The van der Waals surface area contributed by atoms with E-state index in [2.05, 4.69) is 4.98 Å². The molecule has 0 amide bonds. The molecule has 0 aliphatic rings. The number of halogens is 2. The molecule has 20 heavy (non-hydrogen) atoms. The molecule has 5 nitrogen and oxygen atoms in total. The van der Waals surface area contributed by atoms with Gasteiger partial charge in [0.05, 0.1) is 17.2 Å². The van der Waals surface area contributed by atoms with E-state index in [0.717, 1.165) is 0 Å². The molecule has 0 aliphatic carbocycles. The number of benzene rings is 1. The highest BCUT2D eigenvalue weighted by molar-refractivity contribution is 7.87. The van der Waals surface area contributed by atoms with Crippen molar-refractivity contribution in [1.29, 1.82) is 0 Å². The smallest absolute Gasteiger partial charge is 0.342 e. The maximum absolute atomic E-state index is 12.1. The Balaban J connectivity index is 2.42. The summed E-state index contributed by atoms with van der Waals surface area (Å²) >= 11 is 11.8. The highest BCUT2D eigenvalue weighted by Gasteiger charge is 2.23. The van der Waals surface area contributed by atoms with Crippen LogP contribution in [-0.4, -0.2) is 20.5 Å². The van der Waals surface area contributed by atoms with Crippen LogP contribution < -0.4 is 8.92 Å². The van der Waals surface area contributed by atoms with E-state index in [9.17, 15) is 8.42 Å². The molecule has 0 fully saturated rings. The Kier molecular flexibility index (Phi) is 4.37. The minimum absolute atomic E-state index is 0.0535. The highest BCUT2D eigenvalue weighted by Crippen LogP contribution is 2.34. The van der Waals surface area contributed by atoms with Gasteiger partial charge in [-0.2, -0.15) is 8.42 Å². The van der Waals surface area contributed by atoms with E-state index >= 15 is 0 Å². The first-order valence-electron chi connectivity index (χ1n) is 5.32. The van der Waals surface area contributed by atoms with Crippen LogP contribution >= 0.6 is 23.2 Å². The molecular weight excluding hydrogens is 325 g/mol. The summed E-state index contributed by atoms with van der Waals surface area (Å²) in [7, 11) is -2.73. The zero-order valence-electron chi connectivity index (χ0n) is 10.2. The second-order valence-electron chi connectivity index (χ2n) is 3.62. The summed E-state index contributed by atoms with van der Waals surface area (Å²) in [5.74, 6) is 0.212. The number of hydrogen-bond donors (Lipinski definition) is 0. The van der Waals surface area contributed by atoms with Crippen molar-refractivity contribution in [3.8, 4) is 11.6 Å². The fourth-order valence-electron chi connectivity index (χ4n) is 1.41. The fraction of sp³-hybridized carbons (Fsp3) is 0.0833. The normalized spacial score (nSPS) is 11.2. The van der Waals surface area contributed by atoms with Gasteiger partial charge in [0, 0.05) is 18.3 Å². The van der Waals surface area contributed by atoms with Crippen molar-refractivity contribution < 1.29 is 17.3 Å². The molecule has 8 heteroatoms. The first kappa shape index (κ1) is 14.9. The standard InChI is InChI=1S/C12H9Cl2NO4S/c1-18-10-6-9(14)11(7-8(10)13)20(16,17)19-12-4-2-3-5-15-12/h2-7H,1H3. The Morgan fingerprint density at radius 2 is 1.90 bits per heavy atom. The molecule has 0 aliphatic heterocycles. The Labute approximate surface area is 126 Å². The van der Waals surface area contributed by atoms with Crippen molar-refractivity contribution in [3.63, 3.8) is 0 Å². The van der Waals surface area contributed by atoms with Gasteiger partial charge in [0.25, 0.3) is 0 Å². The van der Waals surface area contributed by atoms with E-state index in [4.69, 9.17) is 32.1 Å². The van der Waals surface area contributed by atoms with E-state index < -0.39 is 10.1 Å². The predicted molar refractivity (Wildman–Crippen MR) is 75.1 cm³/mol. The van der Waals surface area contributed by atoms with Gasteiger partial charge in [-0.1, -0.05) is 29.3 Å². The maximum atomic E-state index is 12.1. The van der Waals surface area contributed by atoms with Crippen molar-refractivity contribution in [3.05, 3.63) is 46.6 Å². The molecule has 0 saturated heterocycles. The van der Waals surface area contributed by atoms with Crippen LogP contribution in [0.15, 0.2) is 41.4 Å². The number of aromatic nitrogens is 1. The van der Waals surface area contributed by atoms with Gasteiger partial charge in [0.1, 0.15) is 10.6 Å². The molecule has 0 spiro atoms. The molecule has 0 N–H and O–H groups in total. The SMILES string of the molecule is COc1cc(Cl)c(S(=O)(=O)Oc2ccccn2)cc1Cl. The minimum atomic E-state index is -4.13. The van der Waals surface area contributed by atoms with Crippen LogP contribution in [0, 0.1) is 0 Å². The lowest BCUT2D eigenvalue weighted by Crippen LogP contribution is -2.11. The van der Waals surface area contributed by atoms with E-state index in [1.54, 1.807) is 12.1 Å². The van der Waals surface area contributed by atoms with Gasteiger partial charge in [-0.15, -0.1) is 0 Å². The molecular formula is C12H9Cl2NO4S. The first-order chi connectivity index (χ1) is 9.44.